The fourth-order valence-corrected chi connectivity index (χ4v) is 3.63. The van der Waals surface area contributed by atoms with Crippen LogP contribution in [0.2, 0.25) is 0 Å². The standard InChI is InChI=1S/C16H21NO3S/c1-17(2)14-9-15(21-10-13(14)16(18)20-4)11-5-7-12(19-3)8-6-11/h5-9,13-14H,10H2,1-4H3. The molecule has 114 valence electrons. The Hall–Kier alpha value is -1.46. The van der Waals surface area contributed by atoms with Gasteiger partial charge in [-0.15, -0.1) is 11.8 Å². The average Bonchev–Trinajstić information content (AvgIpc) is 2.53. The van der Waals surface area contributed by atoms with Crippen molar-refractivity contribution in [2.24, 2.45) is 5.92 Å². The Morgan fingerprint density at radius 3 is 2.43 bits per heavy atom. The number of ether oxygens (including phenoxy) is 2. The van der Waals surface area contributed by atoms with Crippen LogP contribution in [0, 0.1) is 5.92 Å². The highest BCUT2D eigenvalue weighted by Crippen LogP contribution is 2.37. The molecule has 0 spiro atoms. The summed E-state index contributed by atoms with van der Waals surface area (Å²) in [4.78, 5) is 15.2. The molecule has 21 heavy (non-hydrogen) atoms. The van der Waals surface area contributed by atoms with Crippen molar-refractivity contribution in [3.8, 4) is 5.75 Å². The molecule has 1 heterocycles. The molecular formula is C16H21NO3S. The fraction of sp³-hybridized carbons (Fsp3) is 0.438. The number of esters is 1. The lowest BCUT2D eigenvalue weighted by molar-refractivity contribution is -0.146. The van der Waals surface area contributed by atoms with Crippen LogP contribution in [0.4, 0.5) is 0 Å². The van der Waals surface area contributed by atoms with Gasteiger partial charge in [0, 0.05) is 16.7 Å². The van der Waals surface area contributed by atoms with Crippen molar-refractivity contribution in [1.29, 1.82) is 0 Å². The maximum absolute atomic E-state index is 11.9. The van der Waals surface area contributed by atoms with Gasteiger partial charge in [-0.2, -0.15) is 0 Å². The minimum atomic E-state index is -0.147. The Bertz CT molecular complexity index is 525. The third kappa shape index (κ3) is 3.60. The molecule has 1 aliphatic rings. The first-order valence-corrected chi connectivity index (χ1v) is 7.78. The lowest BCUT2D eigenvalue weighted by Crippen LogP contribution is -2.41. The molecular weight excluding hydrogens is 286 g/mol. The van der Waals surface area contributed by atoms with Crippen LogP contribution in [0.1, 0.15) is 5.56 Å². The monoisotopic (exact) mass is 307 g/mol. The zero-order valence-corrected chi connectivity index (χ0v) is 13.6. The lowest BCUT2D eigenvalue weighted by atomic mass is 9.98. The van der Waals surface area contributed by atoms with Crippen molar-refractivity contribution in [2.75, 3.05) is 34.1 Å². The Balaban J connectivity index is 2.26. The first-order chi connectivity index (χ1) is 10.1. The summed E-state index contributed by atoms with van der Waals surface area (Å²) in [7, 11) is 7.08. The van der Waals surface area contributed by atoms with Crippen molar-refractivity contribution in [3.63, 3.8) is 0 Å². The van der Waals surface area contributed by atoms with E-state index in [-0.39, 0.29) is 17.9 Å². The molecule has 2 unspecified atom stereocenters. The summed E-state index contributed by atoms with van der Waals surface area (Å²) in [6.07, 6.45) is 2.15. The van der Waals surface area contributed by atoms with Crippen LogP contribution in [0.15, 0.2) is 30.3 Å². The Kier molecular flexibility index (Phi) is 5.31. The van der Waals surface area contributed by atoms with E-state index in [1.165, 1.54) is 12.0 Å². The molecule has 0 saturated carbocycles. The summed E-state index contributed by atoms with van der Waals surface area (Å²) in [5.41, 5.74) is 1.15. The summed E-state index contributed by atoms with van der Waals surface area (Å²) in [6.45, 7) is 0. The molecule has 4 nitrogen and oxygen atoms in total. The van der Waals surface area contributed by atoms with Gasteiger partial charge in [-0.25, -0.2) is 0 Å². The van der Waals surface area contributed by atoms with E-state index in [2.05, 4.69) is 11.0 Å². The van der Waals surface area contributed by atoms with Crippen molar-refractivity contribution >= 4 is 22.6 Å². The van der Waals surface area contributed by atoms with Gasteiger partial charge < -0.3 is 14.4 Å². The van der Waals surface area contributed by atoms with Gasteiger partial charge in [-0.05, 0) is 31.8 Å². The van der Waals surface area contributed by atoms with Crippen molar-refractivity contribution in [3.05, 3.63) is 35.9 Å². The second-order valence-electron chi connectivity index (χ2n) is 5.15. The van der Waals surface area contributed by atoms with Gasteiger partial charge in [0.05, 0.1) is 20.1 Å². The van der Waals surface area contributed by atoms with Crippen LogP contribution in [0.5, 0.6) is 5.75 Å². The predicted molar refractivity (Wildman–Crippen MR) is 86.4 cm³/mol. The molecule has 0 N–H and O–H groups in total. The SMILES string of the molecule is COC(=O)C1CSC(c2ccc(OC)cc2)=CC1N(C)C. The topological polar surface area (TPSA) is 38.8 Å². The molecule has 0 aromatic heterocycles. The molecule has 2 rings (SSSR count). The van der Waals surface area contributed by atoms with Crippen molar-refractivity contribution < 1.29 is 14.3 Å². The fourth-order valence-electron chi connectivity index (χ4n) is 2.40. The normalized spacial score (nSPS) is 21.9. The van der Waals surface area contributed by atoms with Gasteiger partial charge in [0.25, 0.3) is 0 Å². The number of carbonyl (C=O) groups is 1. The van der Waals surface area contributed by atoms with Gasteiger partial charge in [-0.1, -0.05) is 18.2 Å². The minimum absolute atomic E-state index is 0.0517. The molecule has 0 fully saturated rings. The van der Waals surface area contributed by atoms with E-state index < -0.39 is 0 Å². The van der Waals surface area contributed by atoms with Crippen LogP contribution in [0.3, 0.4) is 0 Å². The number of methoxy groups -OCH3 is 2. The third-order valence-electron chi connectivity index (χ3n) is 3.63. The Labute approximate surface area is 130 Å². The minimum Gasteiger partial charge on any atom is -0.497 e. The van der Waals surface area contributed by atoms with E-state index in [0.717, 1.165) is 17.1 Å². The van der Waals surface area contributed by atoms with Crippen molar-refractivity contribution in [1.82, 2.24) is 4.90 Å². The van der Waals surface area contributed by atoms with Crippen LogP contribution in [-0.4, -0.2) is 51.0 Å². The number of carbonyl (C=O) groups excluding carboxylic acids is 1. The molecule has 1 aromatic rings. The smallest absolute Gasteiger partial charge is 0.311 e. The zero-order chi connectivity index (χ0) is 15.4. The highest BCUT2D eigenvalue weighted by atomic mass is 32.2. The van der Waals surface area contributed by atoms with E-state index in [4.69, 9.17) is 9.47 Å². The zero-order valence-electron chi connectivity index (χ0n) is 12.8. The molecule has 0 radical (unpaired) electrons. The van der Waals surface area contributed by atoms with E-state index >= 15 is 0 Å². The number of rotatable bonds is 4. The first kappa shape index (κ1) is 15.9. The molecule has 0 aliphatic carbocycles. The number of likely N-dealkylation sites (N-methyl/N-ethyl adjacent to an activating group) is 1. The second-order valence-corrected chi connectivity index (χ2v) is 6.22. The molecule has 2 atom stereocenters. The van der Waals surface area contributed by atoms with Crippen LogP contribution < -0.4 is 4.74 Å². The Morgan fingerprint density at radius 2 is 1.90 bits per heavy atom. The number of benzene rings is 1. The maximum atomic E-state index is 11.9. The van der Waals surface area contributed by atoms with Crippen molar-refractivity contribution in [2.45, 2.75) is 6.04 Å². The maximum Gasteiger partial charge on any atom is 0.311 e. The summed E-state index contributed by atoms with van der Waals surface area (Å²) in [6, 6.07) is 8.05. The number of hydrogen-bond acceptors (Lipinski definition) is 5. The summed E-state index contributed by atoms with van der Waals surface area (Å²) in [5.74, 6) is 1.30. The van der Waals surface area contributed by atoms with Crippen LogP contribution in [0.25, 0.3) is 4.91 Å². The van der Waals surface area contributed by atoms with Gasteiger partial charge in [0.1, 0.15) is 5.75 Å². The molecule has 0 bridgehead atoms. The van der Waals surface area contributed by atoms with Gasteiger partial charge in [-0.3, -0.25) is 4.79 Å². The predicted octanol–water partition coefficient (Wildman–Crippen LogP) is 2.50. The number of thioether (sulfide) groups is 1. The average molecular weight is 307 g/mol. The van der Waals surface area contributed by atoms with Crippen LogP contribution >= 0.6 is 11.8 Å². The van der Waals surface area contributed by atoms with E-state index in [9.17, 15) is 4.79 Å². The van der Waals surface area contributed by atoms with Crippen LogP contribution in [-0.2, 0) is 9.53 Å². The third-order valence-corrected chi connectivity index (χ3v) is 4.84. The van der Waals surface area contributed by atoms with E-state index in [1.807, 2.05) is 38.4 Å². The largest absolute Gasteiger partial charge is 0.497 e. The lowest BCUT2D eigenvalue weighted by Gasteiger charge is -2.32. The Morgan fingerprint density at radius 1 is 1.24 bits per heavy atom. The van der Waals surface area contributed by atoms with Gasteiger partial charge in [0.2, 0.25) is 0 Å². The summed E-state index contributed by atoms with van der Waals surface area (Å²) >= 11 is 1.70. The molecule has 5 heteroatoms. The van der Waals surface area contributed by atoms with Gasteiger partial charge in [0.15, 0.2) is 0 Å². The molecule has 1 aromatic carbocycles. The van der Waals surface area contributed by atoms with E-state index in [0.29, 0.717) is 0 Å². The molecule has 1 aliphatic heterocycles. The highest BCUT2D eigenvalue weighted by molar-refractivity contribution is 8.08. The number of hydrogen-bond donors (Lipinski definition) is 0. The molecule has 0 amide bonds. The van der Waals surface area contributed by atoms with E-state index in [1.54, 1.807) is 18.9 Å². The van der Waals surface area contributed by atoms with Gasteiger partial charge >= 0.3 is 5.97 Å². The summed E-state index contributed by atoms with van der Waals surface area (Å²) in [5, 5.41) is 0. The quantitative estimate of drug-likeness (QED) is 0.799. The second kappa shape index (κ2) is 7.00. The number of nitrogens with zero attached hydrogens (tertiary/aromatic N) is 1. The molecule has 0 saturated heterocycles. The summed E-state index contributed by atoms with van der Waals surface area (Å²) < 4.78 is 10.1. The highest BCUT2D eigenvalue weighted by Gasteiger charge is 2.33. The first-order valence-electron chi connectivity index (χ1n) is 6.80.